The predicted octanol–water partition coefficient (Wildman–Crippen LogP) is 1.63. The number of carbonyl (C=O) groups is 2. The lowest BCUT2D eigenvalue weighted by Gasteiger charge is -1.95. The van der Waals surface area contributed by atoms with Gasteiger partial charge in [-0.3, -0.25) is 9.59 Å². The summed E-state index contributed by atoms with van der Waals surface area (Å²) in [7, 11) is 0. The normalized spacial score (nSPS) is 32.0. The lowest BCUT2D eigenvalue weighted by Crippen LogP contribution is -2.15. The van der Waals surface area contributed by atoms with Crippen molar-refractivity contribution in [3.63, 3.8) is 0 Å². The first-order chi connectivity index (χ1) is 7.08. The minimum absolute atomic E-state index is 0.0671. The number of aliphatic carboxylic acids is 1. The summed E-state index contributed by atoms with van der Waals surface area (Å²) in [6.45, 7) is 8.07. The molecule has 0 aromatic carbocycles. The molecular formula is C12H21NO3. The first-order valence-electron chi connectivity index (χ1n) is 5.60. The summed E-state index contributed by atoms with van der Waals surface area (Å²) < 4.78 is 0. The second kappa shape index (κ2) is 3.75. The summed E-state index contributed by atoms with van der Waals surface area (Å²) in [5, 5.41) is 8.39. The molecule has 92 valence electrons. The molecule has 2 rings (SSSR count). The Morgan fingerprint density at radius 2 is 1.38 bits per heavy atom. The standard InChI is InChI=1S/C6H11NO.C6H10O2/c2*1-6(2)3-4(6)5(7)8/h4H,3H2,1-2H3,(H2,7,8);4H,3H2,1-2H3,(H,7,8)/t4-;/m1./s1. The highest BCUT2D eigenvalue weighted by molar-refractivity contribution is 5.80. The Kier molecular flexibility index (Phi) is 3.05. The highest BCUT2D eigenvalue weighted by Gasteiger charge is 2.50. The third-order valence-corrected chi connectivity index (χ3v) is 3.67. The quantitative estimate of drug-likeness (QED) is 0.752. The Balaban J connectivity index is 0.000000160. The summed E-state index contributed by atoms with van der Waals surface area (Å²) in [5.41, 5.74) is 5.34. The van der Waals surface area contributed by atoms with Crippen molar-refractivity contribution in [2.24, 2.45) is 28.4 Å². The molecule has 4 heteroatoms. The van der Waals surface area contributed by atoms with E-state index in [1.165, 1.54) is 0 Å². The number of carboxylic acid groups (broad SMARTS) is 1. The van der Waals surface area contributed by atoms with Crippen LogP contribution in [0.3, 0.4) is 0 Å². The monoisotopic (exact) mass is 227 g/mol. The largest absolute Gasteiger partial charge is 0.481 e. The number of carboxylic acids is 1. The summed E-state index contributed by atoms with van der Waals surface area (Å²) >= 11 is 0. The van der Waals surface area contributed by atoms with E-state index < -0.39 is 5.97 Å². The number of carbonyl (C=O) groups excluding carboxylic acids is 1. The van der Waals surface area contributed by atoms with Gasteiger partial charge in [0.25, 0.3) is 0 Å². The first-order valence-corrected chi connectivity index (χ1v) is 5.60. The number of hydrogen-bond donors (Lipinski definition) is 2. The van der Waals surface area contributed by atoms with E-state index in [-0.39, 0.29) is 28.6 Å². The Hall–Kier alpha value is -1.06. The Morgan fingerprint density at radius 3 is 1.38 bits per heavy atom. The second-order valence-corrected chi connectivity index (χ2v) is 6.23. The summed E-state index contributed by atoms with van der Waals surface area (Å²) in [6, 6.07) is 0. The summed E-state index contributed by atoms with van der Waals surface area (Å²) in [5.74, 6) is -0.699. The minimum Gasteiger partial charge on any atom is -0.481 e. The molecule has 0 radical (unpaired) electrons. The molecule has 4 nitrogen and oxygen atoms in total. The zero-order valence-electron chi connectivity index (χ0n) is 10.4. The van der Waals surface area contributed by atoms with E-state index in [1.54, 1.807) is 0 Å². The van der Waals surface area contributed by atoms with Crippen molar-refractivity contribution in [2.45, 2.75) is 40.5 Å². The fraction of sp³-hybridized carbons (Fsp3) is 0.833. The number of primary amides is 1. The first kappa shape index (κ1) is 13.0. The van der Waals surface area contributed by atoms with Crippen LogP contribution in [-0.4, -0.2) is 17.0 Å². The molecule has 2 atom stereocenters. The van der Waals surface area contributed by atoms with Crippen molar-refractivity contribution in [1.82, 2.24) is 0 Å². The van der Waals surface area contributed by atoms with E-state index in [4.69, 9.17) is 10.8 Å². The van der Waals surface area contributed by atoms with Gasteiger partial charge in [-0.2, -0.15) is 0 Å². The number of nitrogens with two attached hydrogens (primary N) is 1. The van der Waals surface area contributed by atoms with Crippen LogP contribution in [0.2, 0.25) is 0 Å². The Bertz CT molecular complexity index is 288. The van der Waals surface area contributed by atoms with Gasteiger partial charge in [-0.25, -0.2) is 0 Å². The molecule has 0 heterocycles. The number of amides is 1. The number of hydrogen-bond acceptors (Lipinski definition) is 2. The molecule has 0 bridgehead atoms. The van der Waals surface area contributed by atoms with Crippen molar-refractivity contribution in [3.8, 4) is 0 Å². The van der Waals surface area contributed by atoms with Gasteiger partial charge in [0.15, 0.2) is 0 Å². The average Bonchev–Trinajstić information content (AvgIpc) is 2.89. The van der Waals surface area contributed by atoms with Crippen LogP contribution in [0.5, 0.6) is 0 Å². The van der Waals surface area contributed by atoms with Crippen molar-refractivity contribution in [2.75, 3.05) is 0 Å². The molecule has 0 spiro atoms. The van der Waals surface area contributed by atoms with Crippen LogP contribution in [-0.2, 0) is 9.59 Å². The van der Waals surface area contributed by atoms with Gasteiger partial charge in [-0.15, -0.1) is 0 Å². The molecular weight excluding hydrogens is 206 g/mol. The van der Waals surface area contributed by atoms with Gasteiger partial charge in [-0.1, -0.05) is 27.7 Å². The predicted molar refractivity (Wildman–Crippen MR) is 60.6 cm³/mol. The van der Waals surface area contributed by atoms with E-state index in [2.05, 4.69) is 13.8 Å². The van der Waals surface area contributed by atoms with E-state index in [0.717, 1.165) is 12.8 Å². The zero-order chi connectivity index (χ0) is 12.7. The van der Waals surface area contributed by atoms with Crippen LogP contribution >= 0.6 is 0 Å². The highest BCUT2D eigenvalue weighted by Crippen LogP contribution is 2.51. The maximum absolute atomic E-state index is 10.4. The zero-order valence-corrected chi connectivity index (χ0v) is 10.4. The lowest BCUT2D eigenvalue weighted by molar-refractivity contribution is -0.139. The van der Waals surface area contributed by atoms with E-state index in [9.17, 15) is 9.59 Å². The van der Waals surface area contributed by atoms with Gasteiger partial charge >= 0.3 is 5.97 Å². The maximum Gasteiger partial charge on any atom is 0.307 e. The van der Waals surface area contributed by atoms with Crippen molar-refractivity contribution in [1.29, 1.82) is 0 Å². The van der Waals surface area contributed by atoms with E-state index >= 15 is 0 Å². The molecule has 1 amide bonds. The third kappa shape index (κ3) is 2.97. The van der Waals surface area contributed by atoms with Crippen LogP contribution < -0.4 is 5.73 Å². The van der Waals surface area contributed by atoms with Crippen molar-refractivity contribution >= 4 is 11.9 Å². The van der Waals surface area contributed by atoms with Gasteiger partial charge in [0.05, 0.1) is 5.92 Å². The van der Waals surface area contributed by atoms with Crippen LogP contribution in [0.25, 0.3) is 0 Å². The maximum atomic E-state index is 10.4. The van der Waals surface area contributed by atoms with Crippen LogP contribution in [0, 0.1) is 22.7 Å². The molecule has 16 heavy (non-hydrogen) atoms. The Morgan fingerprint density at radius 1 is 1.06 bits per heavy atom. The average molecular weight is 227 g/mol. The summed E-state index contributed by atoms with van der Waals surface area (Å²) in [6.07, 6.45) is 1.82. The van der Waals surface area contributed by atoms with Gasteiger partial charge in [-0.05, 0) is 23.7 Å². The summed E-state index contributed by atoms with van der Waals surface area (Å²) in [4.78, 5) is 20.6. The molecule has 0 aromatic rings. The fourth-order valence-electron chi connectivity index (χ4n) is 1.84. The van der Waals surface area contributed by atoms with Crippen LogP contribution in [0.4, 0.5) is 0 Å². The molecule has 0 aromatic heterocycles. The van der Waals surface area contributed by atoms with Gasteiger partial charge in [0, 0.05) is 5.92 Å². The van der Waals surface area contributed by atoms with Gasteiger partial charge in [0.2, 0.25) is 5.91 Å². The Labute approximate surface area is 96.2 Å². The molecule has 3 N–H and O–H groups in total. The van der Waals surface area contributed by atoms with Crippen LogP contribution in [0.15, 0.2) is 0 Å². The number of rotatable bonds is 2. The van der Waals surface area contributed by atoms with Gasteiger partial charge < -0.3 is 10.8 Å². The molecule has 2 aliphatic rings. The van der Waals surface area contributed by atoms with E-state index in [0.29, 0.717) is 0 Å². The van der Waals surface area contributed by atoms with E-state index in [1.807, 2.05) is 13.8 Å². The lowest BCUT2D eigenvalue weighted by atomic mass is 10.1. The SMILES string of the molecule is CC1(C)CC1C(=O)O.CC1(C)C[C@@H]1C(N)=O. The second-order valence-electron chi connectivity index (χ2n) is 6.23. The van der Waals surface area contributed by atoms with Crippen LogP contribution in [0.1, 0.15) is 40.5 Å². The molecule has 2 aliphatic carbocycles. The molecule has 1 unspecified atom stereocenters. The van der Waals surface area contributed by atoms with Gasteiger partial charge in [0.1, 0.15) is 0 Å². The smallest absolute Gasteiger partial charge is 0.307 e. The molecule has 2 saturated carbocycles. The molecule has 0 aliphatic heterocycles. The van der Waals surface area contributed by atoms with Crippen molar-refractivity contribution < 1.29 is 14.7 Å². The third-order valence-electron chi connectivity index (χ3n) is 3.67. The molecule has 2 fully saturated rings. The fourth-order valence-corrected chi connectivity index (χ4v) is 1.84. The topological polar surface area (TPSA) is 80.4 Å². The molecule has 0 saturated heterocycles. The minimum atomic E-state index is -0.644. The van der Waals surface area contributed by atoms with Crippen molar-refractivity contribution in [3.05, 3.63) is 0 Å². The highest BCUT2D eigenvalue weighted by atomic mass is 16.4.